The van der Waals surface area contributed by atoms with E-state index in [-0.39, 0.29) is 36.0 Å². The Kier molecular flexibility index (Phi) is 4.54. The van der Waals surface area contributed by atoms with Crippen LogP contribution in [0, 0.1) is 13.8 Å². The van der Waals surface area contributed by atoms with E-state index in [9.17, 15) is 8.42 Å². The Balaban J connectivity index is 0. The summed E-state index contributed by atoms with van der Waals surface area (Å²) in [6, 6.07) is 3.05. The van der Waals surface area contributed by atoms with E-state index in [0.717, 1.165) is 5.56 Å². The number of rotatable bonds is 1. The van der Waals surface area contributed by atoms with Crippen LogP contribution in [0.5, 0.6) is 0 Å². The van der Waals surface area contributed by atoms with Gasteiger partial charge in [-0.05, 0) is 31.5 Å². The predicted molar refractivity (Wildman–Crippen MR) is 44.6 cm³/mol. The fraction of sp³-hybridized carbons (Fsp3) is 0.286. The molecule has 0 aromatic carbocycles. The van der Waals surface area contributed by atoms with E-state index in [2.05, 4.69) is 4.98 Å². The number of pyridine rings is 1. The molecule has 0 aliphatic rings. The van der Waals surface area contributed by atoms with Crippen molar-refractivity contribution >= 4 is 10.1 Å². The van der Waals surface area contributed by atoms with E-state index in [0.29, 0.717) is 5.69 Å². The Bertz CT molecular complexity index is 387. The molecule has 0 fully saturated rings. The van der Waals surface area contributed by atoms with Crippen molar-refractivity contribution in [3.63, 3.8) is 0 Å². The van der Waals surface area contributed by atoms with Crippen LogP contribution < -0.4 is 29.6 Å². The fourth-order valence-electron chi connectivity index (χ4n) is 0.936. The topological polar surface area (TPSA) is 67.3 Å². The molecule has 0 aliphatic carbocycles. The molecular weight excluding hydrogens is 201 g/mol. The molecule has 4 nitrogen and oxygen atoms in total. The molecule has 0 unspecified atom stereocenters. The van der Waals surface area contributed by atoms with E-state index in [1.54, 1.807) is 19.9 Å². The molecule has 0 spiro atoms. The van der Waals surface area contributed by atoms with Gasteiger partial charge in [0.15, 0.2) is 5.03 Å². The summed E-state index contributed by atoms with van der Waals surface area (Å²) < 4.78 is 29.9. The zero-order chi connectivity index (χ0) is 9.35. The first-order valence-electron chi connectivity index (χ1n) is 3.32. The Morgan fingerprint density at radius 1 is 1.38 bits per heavy atom. The molecular formula is C7H10NNaO3S. The summed E-state index contributed by atoms with van der Waals surface area (Å²) in [5.41, 5.74) is 1.33. The first kappa shape index (κ1) is 13.1. The minimum absolute atomic E-state index is 0. The summed E-state index contributed by atoms with van der Waals surface area (Å²) in [5.74, 6) is 0. The Labute approximate surface area is 101 Å². The van der Waals surface area contributed by atoms with Gasteiger partial charge in [0, 0.05) is 5.69 Å². The zero-order valence-corrected chi connectivity index (χ0v) is 10.6. The molecule has 0 saturated carbocycles. The van der Waals surface area contributed by atoms with Gasteiger partial charge in [0.25, 0.3) is 0 Å². The van der Waals surface area contributed by atoms with Crippen molar-refractivity contribution in [1.82, 2.24) is 4.98 Å². The van der Waals surface area contributed by atoms with Gasteiger partial charge in [-0.2, -0.15) is 8.42 Å². The molecule has 0 atom stereocenters. The quantitative estimate of drug-likeness (QED) is 0.433. The third-order valence-electron chi connectivity index (χ3n) is 1.34. The molecule has 1 heterocycles. The van der Waals surface area contributed by atoms with Gasteiger partial charge in [-0.25, -0.2) is 4.98 Å². The van der Waals surface area contributed by atoms with Crippen molar-refractivity contribution in [3.8, 4) is 0 Å². The van der Waals surface area contributed by atoms with Crippen molar-refractivity contribution < 1.29 is 44.0 Å². The molecule has 1 N–H and O–H groups in total. The van der Waals surface area contributed by atoms with Crippen molar-refractivity contribution in [2.24, 2.45) is 0 Å². The summed E-state index contributed by atoms with van der Waals surface area (Å²) in [6.07, 6.45) is 0. The number of hydrogen-bond acceptors (Lipinski definition) is 3. The second-order valence-corrected chi connectivity index (χ2v) is 3.97. The van der Waals surface area contributed by atoms with E-state index in [1.165, 1.54) is 6.07 Å². The normalized spacial score (nSPS) is 10.7. The average Bonchev–Trinajstić information content (AvgIpc) is 1.82. The summed E-state index contributed by atoms with van der Waals surface area (Å²) >= 11 is 0. The Morgan fingerprint density at radius 3 is 2.31 bits per heavy atom. The third kappa shape index (κ3) is 3.74. The van der Waals surface area contributed by atoms with Crippen molar-refractivity contribution in [3.05, 3.63) is 23.4 Å². The van der Waals surface area contributed by atoms with Gasteiger partial charge < -0.3 is 1.43 Å². The van der Waals surface area contributed by atoms with E-state index in [1.807, 2.05) is 0 Å². The van der Waals surface area contributed by atoms with Crippen LogP contribution in [0.1, 0.15) is 12.7 Å². The number of aromatic nitrogens is 1. The summed E-state index contributed by atoms with van der Waals surface area (Å²) in [6.45, 7) is 3.41. The molecule has 0 saturated heterocycles. The van der Waals surface area contributed by atoms with Crippen LogP contribution in [-0.2, 0) is 10.1 Å². The zero-order valence-electron chi connectivity index (χ0n) is 8.77. The van der Waals surface area contributed by atoms with E-state index < -0.39 is 10.1 Å². The fourth-order valence-corrected chi connectivity index (χ4v) is 1.53. The maximum absolute atomic E-state index is 10.6. The first-order valence-corrected chi connectivity index (χ1v) is 4.76. The van der Waals surface area contributed by atoms with Crippen LogP contribution in [0.4, 0.5) is 0 Å². The maximum atomic E-state index is 10.6. The minimum Gasteiger partial charge on any atom is -1.00 e. The van der Waals surface area contributed by atoms with Crippen LogP contribution in [-0.4, -0.2) is 18.0 Å². The van der Waals surface area contributed by atoms with Gasteiger partial charge in [-0.3, -0.25) is 4.55 Å². The summed E-state index contributed by atoms with van der Waals surface area (Å²) in [4.78, 5) is 3.67. The first-order chi connectivity index (χ1) is 5.39. The molecule has 0 amide bonds. The van der Waals surface area contributed by atoms with Gasteiger partial charge >= 0.3 is 39.7 Å². The second kappa shape index (κ2) is 4.52. The van der Waals surface area contributed by atoms with Crippen molar-refractivity contribution in [2.75, 3.05) is 0 Å². The smallest absolute Gasteiger partial charge is 1.00 e. The standard InChI is InChI=1S/C7H9NO3S.Na.H/c1-5-3-6(2)8-7(4-5)12(9,10)11;;/h3-4H,1-2H3,(H,9,10,11);;/q;+1;-1. The van der Waals surface area contributed by atoms with Gasteiger partial charge in [-0.1, -0.05) is 0 Å². The van der Waals surface area contributed by atoms with Gasteiger partial charge in [0.05, 0.1) is 0 Å². The maximum Gasteiger partial charge on any atom is 1.00 e. The number of aryl methyl sites for hydroxylation is 2. The largest absolute Gasteiger partial charge is 1.00 e. The van der Waals surface area contributed by atoms with Gasteiger partial charge in [0.2, 0.25) is 0 Å². The number of nitrogens with zero attached hydrogens (tertiary/aromatic N) is 1. The van der Waals surface area contributed by atoms with Crippen LogP contribution in [0.15, 0.2) is 17.2 Å². The van der Waals surface area contributed by atoms with Crippen molar-refractivity contribution in [2.45, 2.75) is 18.9 Å². The number of hydrogen-bond donors (Lipinski definition) is 1. The molecule has 0 bridgehead atoms. The second-order valence-electron chi connectivity index (χ2n) is 2.60. The third-order valence-corrected chi connectivity index (χ3v) is 2.08. The van der Waals surface area contributed by atoms with Crippen LogP contribution in [0.2, 0.25) is 0 Å². The average molecular weight is 211 g/mol. The molecule has 0 radical (unpaired) electrons. The van der Waals surface area contributed by atoms with Crippen molar-refractivity contribution in [1.29, 1.82) is 0 Å². The van der Waals surface area contributed by atoms with E-state index in [4.69, 9.17) is 4.55 Å². The molecule has 0 aliphatic heterocycles. The summed E-state index contributed by atoms with van der Waals surface area (Å²) in [5, 5.41) is -0.292. The molecule has 1 aromatic heterocycles. The SMILES string of the molecule is Cc1cc(C)nc(S(=O)(=O)O)c1.[H-].[Na+]. The van der Waals surface area contributed by atoms with E-state index >= 15 is 0 Å². The van der Waals surface area contributed by atoms with Gasteiger partial charge in [0.1, 0.15) is 0 Å². The van der Waals surface area contributed by atoms with Crippen LogP contribution in [0.25, 0.3) is 0 Å². The minimum atomic E-state index is -4.16. The monoisotopic (exact) mass is 211 g/mol. The van der Waals surface area contributed by atoms with Crippen LogP contribution >= 0.6 is 0 Å². The Hall–Kier alpha value is 0.0600. The molecule has 1 rings (SSSR count). The van der Waals surface area contributed by atoms with Crippen LogP contribution in [0.3, 0.4) is 0 Å². The molecule has 68 valence electrons. The molecule has 1 aromatic rings. The summed E-state index contributed by atoms with van der Waals surface area (Å²) in [7, 11) is -4.16. The Morgan fingerprint density at radius 2 is 1.92 bits per heavy atom. The predicted octanol–water partition coefficient (Wildman–Crippen LogP) is -1.94. The molecule has 13 heavy (non-hydrogen) atoms. The molecule has 6 heteroatoms. The van der Waals surface area contributed by atoms with Gasteiger partial charge in [-0.15, -0.1) is 0 Å².